The van der Waals surface area contributed by atoms with Gasteiger partial charge < -0.3 is 15.4 Å². The first-order valence-corrected chi connectivity index (χ1v) is 11.3. The van der Waals surface area contributed by atoms with E-state index in [1.807, 2.05) is 30.3 Å². The number of hydrogen-bond acceptors (Lipinski definition) is 3. The van der Waals surface area contributed by atoms with Crippen LogP contribution in [-0.2, 0) is 11.2 Å². The van der Waals surface area contributed by atoms with E-state index in [0.29, 0.717) is 37.9 Å². The molecule has 0 spiro atoms. The van der Waals surface area contributed by atoms with Gasteiger partial charge in [-0.1, -0.05) is 76.7 Å². The van der Waals surface area contributed by atoms with Gasteiger partial charge in [0.25, 0.3) is 0 Å². The summed E-state index contributed by atoms with van der Waals surface area (Å²) in [4.78, 5) is 24.8. The highest BCUT2D eigenvalue weighted by Crippen LogP contribution is 2.26. The number of rotatable bonds is 7. The minimum Gasteiger partial charge on any atom is -0.447 e. The fourth-order valence-corrected chi connectivity index (χ4v) is 3.48. The van der Waals surface area contributed by atoms with E-state index in [4.69, 9.17) is 51.1 Å². The highest BCUT2D eigenvalue weighted by Gasteiger charge is 2.17. The standard InChI is InChI=1S/C23H19Cl4N3O3/c24-18-8-6-15(11-20(18)26)28-22(31)29-17(10-14-4-2-1-3-5-14)13-33-23(32)30-16-7-9-19(25)21(27)12-16/h1-9,11-12,17H,10,13H2,(H,30,32)(H2,28,29,31). The molecule has 3 rings (SSSR count). The van der Waals surface area contributed by atoms with Crippen LogP contribution in [0.2, 0.25) is 20.1 Å². The van der Waals surface area contributed by atoms with E-state index >= 15 is 0 Å². The van der Waals surface area contributed by atoms with Crippen LogP contribution in [0.1, 0.15) is 5.56 Å². The normalized spacial score (nSPS) is 11.4. The lowest BCUT2D eigenvalue weighted by Gasteiger charge is -2.20. The fraction of sp³-hybridized carbons (Fsp3) is 0.130. The molecule has 0 saturated heterocycles. The van der Waals surface area contributed by atoms with Crippen molar-refractivity contribution in [3.63, 3.8) is 0 Å². The van der Waals surface area contributed by atoms with Crippen LogP contribution in [0.15, 0.2) is 66.7 Å². The first-order chi connectivity index (χ1) is 15.8. The van der Waals surface area contributed by atoms with Gasteiger partial charge in [0.05, 0.1) is 26.1 Å². The van der Waals surface area contributed by atoms with Gasteiger partial charge in [-0.25, -0.2) is 9.59 Å². The first-order valence-electron chi connectivity index (χ1n) is 9.75. The Labute approximate surface area is 211 Å². The van der Waals surface area contributed by atoms with Gasteiger partial charge in [-0.3, -0.25) is 5.32 Å². The van der Waals surface area contributed by atoms with E-state index in [-0.39, 0.29) is 6.61 Å². The quantitative estimate of drug-likeness (QED) is 0.302. The van der Waals surface area contributed by atoms with Crippen LogP contribution in [0, 0.1) is 0 Å². The smallest absolute Gasteiger partial charge is 0.411 e. The Balaban J connectivity index is 1.61. The van der Waals surface area contributed by atoms with Crippen LogP contribution >= 0.6 is 46.4 Å². The van der Waals surface area contributed by atoms with E-state index in [1.165, 1.54) is 12.1 Å². The molecule has 0 heterocycles. The molecular weight excluding hydrogens is 508 g/mol. The molecule has 0 aliphatic carbocycles. The minimum atomic E-state index is -0.696. The lowest BCUT2D eigenvalue weighted by Crippen LogP contribution is -2.43. The Bertz CT molecular complexity index is 1130. The van der Waals surface area contributed by atoms with Crippen molar-refractivity contribution in [3.8, 4) is 0 Å². The summed E-state index contributed by atoms with van der Waals surface area (Å²) >= 11 is 23.8. The number of carbonyl (C=O) groups is 2. The maximum atomic E-state index is 12.5. The summed E-state index contributed by atoms with van der Waals surface area (Å²) in [6, 6.07) is 17.9. The highest BCUT2D eigenvalue weighted by molar-refractivity contribution is 6.42. The second-order valence-electron chi connectivity index (χ2n) is 6.97. The van der Waals surface area contributed by atoms with Gasteiger partial charge >= 0.3 is 12.1 Å². The maximum Gasteiger partial charge on any atom is 0.411 e. The Kier molecular flexibility index (Phi) is 9.09. The van der Waals surface area contributed by atoms with Crippen molar-refractivity contribution < 1.29 is 14.3 Å². The summed E-state index contributed by atoms with van der Waals surface area (Å²) in [7, 11) is 0. The molecule has 3 aromatic rings. The average Bonchev–Trinajstić information content (AvgIpc) is 2.78. The maximum absolute atomic E-state index is 12.5. The zero-order valence-electron chi connectivity index (χ0n) is 17.1. The summed E-state index contributed by atoms with van der Waals surface area (Å²) in [6.07, 6.45) is -0.256. The molecule has 0 radical (unpaired) electrons. The van der Waals surface area contributed by atoms with Crippen molar-refractivity contribution in [2.75, 3.05) is 17.2 Å². The summed E-state index contributed by atoms with van der Waals surface area (Å²) < 4.78 is 5.33. The number of amides is 3. The van der Waals surface area contributed by atoms with Crippen molar-refractivity contribution in [1.29, 1.82) is 0 Å². The van der Waals surface area contributed by atoms with Gasteiger partial charge in [0, 0.05) is 11.4 Å². The molecule has 0 fully saturated rings. The number of urea groups is 1. The van der Waals surface area contributed by atoms with Gasteiger partial charge in [0.2, 0.25) is 0 Å². The van der Waals surface area contributed by atoms with Crippen LogP contribution in [-0.4, -0.2) is 24.8 Å². The zero-order chi connectivity index (χ0) is 23.8. The molecule has 0 aromatic heterocycles. The van der Waals surface area contributed by atoms with Crippen LogP contribution in [0.5, 0.6) is 0 Å². The number of hydrogen-bond donors (Lipinski definition) is 3. The molecule has 3 aromatic carbocycles. The highest BCUT2D eigenvalue weighted by atomic mass is 35.5. The molecule has 0 bridgehead atoms. The van der Waals surface area contributed by atoms with Crippen LogP contribution in [0.25, 0.3) is 0 Å². The first kappa shape index (κ1) is 25.0. The number of halogens is 4. The Morgan fingerprint density at radius 3 is 1.91 bits per heavy atom. The van der Waals surface area contributed by atoms with Gasteiger partial charge in [0.1, 0.15) is 6.61 Å². The summed E-state index contributed by atoms with van der Waals surface area (Å²) in [5.74, 6) is 0. The Morgan fingerprint density at radius 2 is 1.33 bits per heavy atom. The third-order valence-corrected chi connectivity index (χ3v) is 5.90. The molecule has 6 nitrogen and oxygen atoms in total. The number of nitrogens with one attached hydrogen (secondary N) is 3. The van der Waals surface area contributed by atoms with E-state index in [2.05, 4.69) is 16.0 Å². The van der Waals surface area contributed by atoms with Crippen molar-refractivity contribution in [2.24, 2.45) is 0 Å². The SMILES string of the molecule is O=C(Nc1ccc(Cl)c(Cl)c1)NC(COC(=O)Nc1ccc(Cl)c(Cl)c1)Cc1ccccc1. The third kappa shape index (κ3) is 8.02. The fourth-order valence-electron chi connectivity index (χ4n) is 2.88. The van der Waals surface area contributed by atoms with Gasteiger partial charge in [-0.05, 0) is 48.4 Å². The molecule has 0 aliphatic heterocycles. The van der Waals surface area contributed by atoms with E-state index < -0.39 is 18.2 Å². The summed E-state index contributed by atoms with van der Waals surface area (Å²) in [6.45, 7) is -0.0726. The van der Waals surface area contributed by atoms with Gasteiger partial charge in [-0.2, -0.15) is 0 Å². The topological polar surface area (TPSA) is 79.5 Å². The molecule has 0 aliphatic rings. The van der Waals surface area contributed by atoms with Crippen LogP contribution < -0.4 is 16.0 Å². The third-order valence-electron chi connectivity index (χ3n) is 4.42. The number of carbonyl (C=O) groups excluding carboxylic acids is 2. The summed E-state index contributed by atoms with van der Waals surface area (Å²) in [5.41, 5.74) is 1.86. The number of benzene rings is 3. The zero-order valence-corrected chi connectivity index (χ0v) is 20.1. The molecule has 172 valence electrons. The van der Waals surface area contributed by atoms with Crippen molar-refractivity contribution >= 4 is 69.9 Å². The Morgan fingerprint density at radius 1 is 0.758 bits per heavy atom. The van der Waals surface area contributed by atoms with Crippen LogP contribution in [0.4, 0.5) is 21.0 Å². The monoisotopic (exact) mass is 525 g/mol. The second-order valence-corrected chi connectivity index (χ2v) is 8.60. The van der Waals surface area contributed by atoms with Gasteiger partial charge in [0.15, 0.2) is 0 Å². The Hall–Kier alpha value is -2.64. The minimum absolute atomic E-state index is 0.0726. The van der Waals surface area contributed by atoms with Gasteiger partial charge in [-0.15, -0.1) is 0 Å². The molecule has 10 heteroatoms. The molecule has 1 unspecified atom stereocenters. The summed E-state index contributed by atoms with van der Waals surface area (Å²) in [5, 5.41) is 9.45. The lowest BCUT2D eigenvalue weighted by atomic mass is 10.1. The predicted molar refractivity (Wildman–Crippen MR) is 134 cm³/mol. The van der Waals surface area contributed by atoms with E-state index in [1.54, 1.807) is 24.3 Å². The largest absolute Gasteiger partial charge is 0.447 e. The van der Waals surface area contributed by atoms with E-state index in [0.717, 1.165) is 5.56 Å². The average molecular weight is 527 g/mol. The molecular formula is C23H19Cl4N3O3. The van der Waals surface area contributed by atoms with E-state index in [9.17, 15) is 9.59 Å². The molecule has 33 heavy (non-hydrogen) atoms. The molecule has 3 N–H and O–H groups in total. The molecule has 1 atom stereocenters. The van der Waals surface area contributed by atoms with Crippen molar-refractivity contribution in [1.82, 2.24) is 5.32 Å². The van der Waals surface area contributed by atoms with Crippen molar-refractivity contribution in [2.45, 2.75) is 12.5 Å². The lowest BCUT2D eigenvalue weighted by molar-refractivity contribution is 0.148. The number of anilines is 2. The second kappa shape index (κ2) is 12.0. The molecule has 0 saturated carbocycles. The number of ether oxygens (including phenoxy) is 1. The molecule has 3 amide bonds. The predicted octanol–water partition coefficient (Wildman–Crippen LogP) is 7.28. The van der Waals surface area contributed by atoms with Crippen molar-refractivity contribution in [3.05, 3.63) is 92.4 Å². The van der Waals surface area contributed by atoms with Crippen LogP contribution in [0.3, 0.4) is 0 Å².